The van der Waals surface area contributed by atoms with Crippen molar-refractivity contribution in [3.8, 4) is 16.3 Å². The van der Waals surface area contributed by atoms with E-state index in [1.807, 2.05) is 31.2 Å². The molecule has 0 aliphatic rings. The number of ether oxygens (including phenoxy) is 1. The maximum atomic E-state index is 11.2. The van der Waals surface area contributed by atoms with Crippen molar-refractivity contribution in [1.82, 2.24) is 10.2 Å². The lowest BCUT2D eigenvalue weighted by Crippen LogP contribution is -2.29. The fourth-order valence-corrected chi connectivity index (χ4v) is 2.75. The van der Waals surface area contributed by atoms with Crippen LogP contribution >= 0.6 is 11.3 Å². The van der Waals surface area contributed by atoms with E-state index in [0.29, 0.717) is 11.6 Å². The third-order valence-corrected chi connectivity index (χ3v) is 4.11. The lowest BCUT2D eigenvalue weighted by molar-refractivity contribution is -0.138. The molecule has 6 nitrogen and oxygen atoms in total. The summed E-state index contributed by atoms with van der Waals surface area (Å²) in [7, 11) is 1.62. The Morgan fingerprint density at radius 1 is 1.36 bits per heavy atom. The first kappa shape index (κ1) is 16.2. The molecule has 0 bridgehead atoms. The highest BCUT2D eigenvalue weighted by Crippen LogP contribution is 2.28. The topological polar surface area (TPSA) is 84.3 Å². The van der Waals surface area contributed by atoms with Crippen LogP contribution in [0, 0.1) is 0 Å². The fraction of sp³-hybridized carbons (Fsp3) is 0.400. The molecule has 2 aromatic rings. The van der Waals surface area contributed by atoms with Crippen molar-refractivity contribution >= 4 is 22.4 Å². The van der Waals surface area contributed by atoms with E-state index in [-0.39, 0.29) is 0 Å². The van der Waals surface area contributed by atoms with Gasteiger partial charge in [0.1, 0.15) is 16.8 Å². The normalized spacial score (nSPS) is 11.9. The Kier molecular flexibility index (Phi) is 5.71. The van der Waals surface area contributed by atoms with Crippen LogP contribution in [0.2, 0.25) is 0 Å². The number of hydrogen-bond donors (Lipinski definition) is 2. The zero-order chi connectivity index (χ0) is 15.9. The highest BCUT2D eigenvalue weighted by atomic mass is 32.1. The van der Waals surface area contributed by atoms with E-state index in [1.54, 1.807) is 7.11 Å². The molecule has 2 N–H and O–H groups in total. The van der Waals surface area contributed by atoms with Crippen molar-refractivity contribution in [2.75, 3.05) is 12.4 Å². The average molecular weight is 321 g/mol. The number of aromatic nitrogens is 2. The van der Waals surface area contributed by atoms with Gasteiger partial charge < -0.3 is 15.2 Å². The third kappa shape index (κ3) is 4.17. The Morgan fingerprint density at radius 2 is 2.09 bits per heavy atom. The van der Waals surface area contributed by atoms with Crippen LogP contribution in [0.3, 0.4) is 0 Å². The van der Waals surface area contributed by atoms with Crippen LogP contribution < -0.4 is 10.1 Å². The lowest BCUT2D eigenvalue weighted by Gasteiger charge is -2.12. The Balaban J connectivity index is 2.07. The molecule has 7 heteroatoms. The summed E-state index contributed by atoms with van der Waals surface area (Å²) in [4.78, 5) is 11.2. The van der Waals surface area contributed by atoms with E-state index in [9.17, 15) is 9.90 Å². The number of benzene rings is 1. The van der Waals surface area contributed by atoms with Crippen LogP contribution in [0.5, 0.6) is 5.75 Å². The van der Waals surface area contributed by atoms with Crippen LogP contribution in [0.4, 0.5) is 5.13 Å². The van der Waals surface area contributed by atoms with Crippen molar-refractivity contribution in [1.29, 1.82) is 0 Å². The second-order valence-corrected chi connectivity index (χ2v) is 5.80. The van der Waals surface area contributed by atoms with Gasteiger partial charge in [-0.15, -0.1) is 10.2 Å². The second kappa shape index (κ2) is 7.74. The Hall–Kier alpha value is -2.15. The van der Waals surface area contributed by atoms with Crippen LogP contribution in [-0.4, -0.2) is 34.4 Å². The fourth-order valence-electron chi connectivity index (χ4n) is 1.95. The van der Waals surface area contributed by atoms with Gasteiger partial charge in [-0.05, 0) is 30.7 Å². The molecule has 22 heavy (non-hydrogen) atoms. The zero-order valence-electron chi connectivity index (χ0n) is 12.6. The monoisotopic (exact) mass is 321 g/mol. The smallest absolute Gasteiger partial charge is 0.326 e. The summed E-state index contributed by atoms with van der Waals surface area (Å²) in [5.74, 6) is -0.0910. The first-order valence-corrected chi connectivity index (χ1v) is 7.93. The van der Waals surface area contributed by atoms with Crippen molar-refractivity contribution in [3.63, 3.8) is 0 Å². The number of carboxylic acids is 1. The number of anilines is 1. The number of aliphatic carboxylic acids is 1. The summed E-state index contributed by atoms with van der Waals surface area (Å²) >= 11 is 1.34. The maximum Gasteiger partial charge on any atom is 0.326 e. The molecule has 2 rings (SSSR count). The van der Waals surface area contributed by atoms with Crippen molar-refractivity contribution in [2.45, 2.75) is 32.2 Å². The first-order valence-electron chi connectivity index (χ1n) is 7.11. The molecule has 1 aromatic carbocycles. The molecule has 0 amide bonds. The van der Waals surface area contributed by atoms with Gasteiger partial charge in [0.05, 0.1) is 7.11 Å². The molecular formula is C15H19N3O3S. The van der Waals surface area contributed by atoms with Gasteiger partial charge in [0.15, 0.2) is 0 Å². The van der Waals surface area contributed by atoms with E-state index in [2.05, 4.69) is 15.5 Å². The number of carbonyl (C=O) groups is 1. The molecule has 0 spiro atoms. The highest BCUT2D eigenvalue weighted by Gasteiger charge is 2.18. The number of unbranched alkanes of at least 4 members (excludes halogenated alkanes) is 1. The molecule has 1 atom stereocenters. The van der Waals surface area contributed by atoms with Gasteiger partial charge in [-0.25, -0.2) is 4.79 Å². The molecule has 0 fully saturated rings. The number of nitrogens with zero attached hydrogens (tertiary/aromatic N) is 2. The van der Waals surface area contributed by atoms with Gasteiger partial charge in [-0.3, -0.25) is 0 Å². The first-order chi connectivity index (χ1) is 10.6. The van der Waals surface area contributed by atoms with Gasteiger partial charge in [0.25, 0.3) is 0 Å². The van der Waals surface area contributed by atoms with Crippen LogP contribution in [0.1, 0.15) is 26.2 Å². The summed E-state index contributed by atoms with van der Waals surface area (Å²) in [6.45, 7) is 2.03. The minimum absolute atomic E-state index is 0.523. The predicted molar refractivity (Wildman–Crippen MR) is 86.5 cm³/mol. The van der Waals surface area contributed by atoms with Gasteiger partial charge in [-0.1, -0.05) is 31.1 Å². The molecule has 1 heterocycles. The summed E-state index contributed by atoms with van der Waals surface area (Å²) in [6.07, 6.45) is 2.38. The average Bonchev–Trinajstić information content (AvgIpc) is 3.00. The second-order valence-electron chi connectivity index (χ2n) is 4.82. The quantitative estimate of drug-likeness (QED) is 0.776. The third-order valence-electron chi connectivity index (χ3n) is 3.20. The molecule has 1 aromatic heterocycles. The van der Waals surface area contributed by atoms with Gasteiger partial charge >= 0.3 is 5.97 Å². The maximum absolute atomic E-state index is 11.2. The Morgan fingerprint density at radius 3 is 2.68 bits per heavy atom. The molecular weight excluding hydrogens is 302 g/mol. The number of methoxy groups -OCH3 is 1. The molecule has 118 valence electrons. The largest absolute Gasteiger partial charge is 0.497 e. The summed E-state index contributed by atoms with van der Waals surface area (Å²) in [5.41, 5.74) is 0.923. The predicted octanol–water partition coefficient (Wildman–Crippen LogP) is 3.27. The lowest BCUT2D eigenvalue weighted by atomic mass is 10.1. The number of hydrogen-bond acceptors (Lipinski definition) is 6. The van der Waals surface area contributed by atoms with Gasteiger partial charge in [0, 0.05) is 5.56 Å². The Labute approximate surface area is 133 Å². The van der Waals surface area contributed by atoms with Crippen LogP contribution in [0.15, 0.2) is 24.3 Å². The minimum Gasteiger partial charge on any atom is -0.497 e. The van der Waals surface area contributed by atoms with Crippen molar-refractivity contribution < 1.29 is 14.6 Å². The summed E-state index contributed by atoms with van der Waals surface area (Å²) in [6, 6.07) is 6.87. The van der Waals surface area contributed by atoms with E-state index in [0.717, 1.165) is 29.2 Å². The number of carboxylic acid groups (broad SMARTS) is 1. The molecule has 0 radical (unpaired) electrons. The zero-order valence-corrected chi connectivity index (χ0v) is 13.4. The van der Waals surface area contributed by atoms with Crippen LogP contribution in [-0.2, 0) is 4.79 Å². The van der Waals surface area contributed by atoms with Crippen molar-refractivity contribution in [3.05, 3.63) is 24.3 Å². The standard InChI is InChI=1S/C15H19N3O3S/c1-3-4-5-12(14(19)20)16-15-18-17-13(22-15)10-6-8-11(21-2)9-7-10/h6-9,12H,3-5H2,1-2H3,(H,16,18)(H,19,20)/t12-/m0/s1. The Bertz CT molecular complexity index is 613. The SMILES string of the molecule is CCCC[C@H](Nc1nnc(-c2ccc(OC)cc2)s1)C(=O)O. The van der Waals surface area contributed by atoms with Crippen LogP contribution in [0.25, 0.3) is 10.6 Å². The molecule has 0 aliphatic heterocycles. The number of rotatable bonds is 8. The number of nitrogens with one attached hydrogen (secondary N) is 1. The van der Waals surface area contributed by atoms with Gasteiger partial charge in [-0.2, -0.15) is 0 Å². The highest BCUT2D eigenvalue weighted by molar-refractivity contribution is 7.18. The van der Waals surface area contributed by atoms with Gasteiger partial charge in [0.2, 0.25) is 5.13 Å². The van der Waals surface area contributed by atoms with E-state index in [4.69, 9.17) is 4.74 Å². The molecule has 0 saturated carbocycles. The minimum atomic E-state index is -0.866. The summed E-state index contributed by atoms with van der Waals surface area (Å²) < 4.78 is 5.12. The van der Waals surface area contributed by atoms with Crippen molar-refractivity contribution in [2.24, 2.45) is 0 Å². The molecule has 0 aliphatic carbocycles. The summed E-state index contributed by atoms with van der Waals surface area (Å²) in [5, 5.41) is 21.6. The van der Waals surface area contributed by atoms with E-state index in [1.165, 1.54) is 11.3 Å². The molecule has 0 saturated heterocycles. The van der Waals surface area contributed by atoms with E-state index < -0.39 is 12.0 Å². The molecule has 0 unspecified atom stereocenters. The van der Waals surface area contributed by atoms with E-state index >= 15 is 0 Å².